The lowest BCUT2D eigenvalue weighted by molar-refractivity contribution is 1.11. The fraction of sp³-hybridized carbons (Fsp3) is 0.133. The highest BCUT2D eigenvalue weighted by Gasteiger charge is 2.03. The average molecular weight is 222 g/mol. The predicted molar refractivity (Wildman–Crippen MR) is 70.5 cm³/mol. The number of aryl methyl sites for hydroxylation is 2. The summed E-state index contributed by atoms with van der Waals surface area (Å²) in [6.45, 7) is 4.25. The standard InChI is InChI=1S/C15H14N2/c1-11-7-12(2)9-14(8-11)17-6-4-13-3-5-16-10-15(13)17/h3-10H,1-2H3. The van der Waals surface area contributed by atoms with E-state index in [2.05, 4.69) is 53.9 Å². The van der Waals surface area contributed by atoms with E-state index in [4.69, 9.17) is 0 Å². The fourth-order valence-corrected chi connectivity index (χ4v) is 2.29. The van der Waals surface area contributed by atoms with E-state index in [1.807, 2.05) is 18.5 Å². The van der Waals surface area contributed by atoms with Crippen molar-refractivity contribution >= 4 is 10.9 Å². The third kappa shape index (κ3) is 1.72. The quantitative estimate of drug-likeness (QED) is 0.614. The average Bonchev–Trinajstić information content (AvgIpc) is 2.71. The molecule has 2 aromatic heterocycles. The highest BCUT2D eigenvalue weighted by Crippen LogP contribution is 2.21. The number of nitrogens with zero attached hydrogens (tertiary/aromatic N) is 2. The van der Waals surface area contributed by atoms with Crippen LogP contribution in [0.3, 0.4) is 0 Å². The lowest BCUT2D eigenvalue weighted by atomic mass is 10.1. The molecule has 0 radical (unpaired) electrons. The molecule has 1 aromatic carbocycles. The van der Waals surface area contributed by atoms with E-state index in [0.29, 0.717) is 0 Å². The molecule has 3 aromatic rings. The van der Waals surface area contributed by atoms with Gasteiger partial charge in [-0.1, -0.05) is 6.07 Å². The number of fused-ring (bicyclic) bond motifs is 1. The second-order valence-corrected chi connectivity index (χ2v) is 4.47. The van der Waals surface area contributed by atoms with Crippen LogP contribution in [0.25, 0.3) is 16.6 Å². The third-order valence-electron chi connectivity index (χ3n) is 2.98. The molecule has 0 amide bonds. The van der Waals surface area contributed by atoms with Gasteiger partial charge in [-0.05, 0) is 49.2 Å². The third-order valence-corrected chi connectivity index (χ3v) is 2.98. The van der Waals surface area contributed by atoms with Crippen LogP contribution in [-0.4, -0.2) is 9.55 Å². The fourth-order valence-electron chi connectivity index (χ4n) is 2.29. The highest BCUT2D eigenvalue weighted by molar-refractivity contribution is 5.80. The van der Waals surface area contributed by atoms with E-state index in [0.717, 1.165) is 5.52 Å². The van der Waals surface area contributed by atoms with Crippen LogP contribution in [0.1, 0.15) is 11.1 Å². The van der Waals surface area contributed by atoms with Gasteiger partial charge in [0.1, 0.15) is 0 Å². The van der Waals surface area contributed by atoms with Crippen LogP contribution in [0.2, 0.25) is 0 Å². The molecular formula is C15H14N2. The Bertz CT molecular complexity index is 660. The monoisotopic (exact) mass is 222 g/mol. The Hall–Kier alpha value is -2.09. The lowest BCUT2D eigenvalue weighted by Crippen LogP contribution is -1.93. The van der Waals surface area contributed by atoms with Gasteiger partial charge in [0.25, 0.3) is 0 Å². The Labute approximate surface area is 101 Å². The van der Waals surface area contributed by atoms with Crippen molar-refractivity contribution in [3.63, 3.8) is 0 Å². The van der Waals surface area contributed by atoms with E-state index < -0.39 is 0 Å². The Morgan fingerprint density at radius 3 is 2.53 bits per heavy atom. The van der Waals surface area contributed by atoms with Crippen molar-refractivity contribution in [3.8, 4) is 5.69 Å². The molecule has 0 aliphatic heterocycles. The smallest absolute Gasteiger partial charge is 0.0712 e. The van der Waals surface area contributed by atoms with Gasteiger partial charge in [0.15, 0.2) is 0 Å². The summed E-state index contributed by atoms with van der Waals surface area (Å²) in [4.78, 5) is 4.20. The summed E-state index contributed by atoms with van der Waals surface area (Å²) in [5.74, 6) is 0. The minimum absolute atomic E-state index is 1.15. The zero-order valence-corrected chi connectivity index (χ0v) is 10.0. The van der Waals surface area contributed by atoms with Gasteiger partial charge in [-0.15, -0.1) is 0 Å². The second-order valence-electron chi connectivity index (χ2n) is 4.47. The molecule has 17 heavy (non-hydrogen) atoms. The number of hydrogen-bond acceptors (Lipinski definition) is 1. The van der Waals surface area contributed by atoms with E-state index in [1.165, 1.54) is 22.2 Å². The number of pyridine rings is 1. The van der Waals surface area contributed by atoms with Crippen LogP contribution in [0.5, 0.6) is 0 Å². The normalized spacial score (nSPS) is 10.9. The first-order chi connectivity index (χ1) is 8.24. The molecule has 0 spiro atoms. The maximum atomic E-state index is 4.20. The summed E-state index contributed by atoms with van der Waals surface area (Å²) in [5.41, 5.74) is 4.92. The molecule has 0 saturated carbocycles. The van der Waals surface area contributed by atoms with Gasteiger partial charge in [0.05, 0.1) is 11.7 Å². The minimum Gasteiger partial charge on any atom is -0.315 e. The van der Waals surface area contributed by atoms with Crippen LogP contribution in [0.15, 0.2) is 48.9 Å². The molecule has 0 fully saturated rings. The number of aromatic nitrogens is 2. The summed E-state index contributed by atoms with van der Waals surface area (Å²) in [7, 11) is 0. The van der Waals surface area contributed by atoms with Gasteiger partial charge < -0.3 is 4.57 Å². The van der Waals surface area contributed by atoms with E-state index in [-0.39, 0.29) is 0 Å². The van der Waals surface area contributed by atoms with Crippen LogP contribution in [-0.2, 0) is 0 Å². The summed E-state index contributed by atoms with van der Waals surface area (Å²) in [6, 6.07) is 10.7. The first-order valence-corrected chi connectivity index (χ1v) is 5.74. The summed E-state index contributed by atoms with van der Waals surface area (Å²) < 4.78 is 2.18. The first-order valence-electron chi connectivity index (χ1n) is 5.74. The number of benzene rings is 1. The molecule has 2 heterocycles. The molecule has 0 atom stereocenters. The van der Waals surface area contributed by atoms with Crippen LogP contribution >= 0.6 is 0 Å². The molecule has 0 aliphatic rings. The molecule has 0 N–H and O–H groups in total. The predicted octanol–water partition coefficient (Wildman–Crippen LogP) is 3.64. The Morgan fingerprint density at radius 2 is 1.76 bits per heavy atom. The van der Waals surface area contributed by atoms with Gasteiger partial charge in [0, 0.05) is 23.5 Å². The summed E-state index contributed by atoms with van der Waals surface area (Å²) in [5, 5.41) is 1.22. The molecule has 2 nitrogen and oxygen atoms in total. The molecular weight excluding hydrogens is 208 g/mol. The first kappa shape index (κ1) is 10.1. The van der Waals surface area contributed by atoms with E-state index in [9.17, 15) is 0 Å². The molecule has 3 rings (SSSR count). The molecule has 84 valence electrons. The van der Waals surface area contributed by atoms with Crippen molar-refractivity contribution in [2.75, 3.05) is 0 Å². The SMILES string of the molecule is Cc1cc(C)cc(-n2ccc3ccncc32)c1. The second kappa shape index (κ2) is 3.74. The maximum absolute atomic E-state index is 4.20. The Morgan fingerprint density at radius 1 is 1.00 bits per heavy atom. The summed E-state index contributed by atoms with van der Waals surface area (Å²) in [6.07, 6.45) is 5.84. The van der Waals surface area contributed by atoms with Crippen molar-refractivity contribution in [1.82, 2.24) is 9.55 Å². The number of hydrogen-bond donors (Lipinski definition) is 0. The zero-order valence-electron chi connectivity index (χ0n) is 10.0. The Kier molecular flexibility index (Phi) is 2.22. The number of rotatable bonds is 1. The molecule has 0 bridgehead atoms. The van der Waals surface area contributed by atoms with Gasteiger partial charge in [-0.25, -0.2) is 0 Å². The van der Waals surface area contributed by atoms with Crippen molar-refractivity contribution < 1.29 is 0 Å². The maximum Gasteiger partial charge on any atom is 0.0712 e. The van der Waals surface area contributed by atoms with E-state index >= 15 is 0 Å². The van der Waals surface area contributed by atoms with Gasteiger partial charge in [-0.2, -0.15) is 0 Å². The highest BCUT2D eigenvalue weighted by atomic mass is 15.0. The van der Waals surface area contributed by atoms with E-state index in [1.54, 1.807) is 0 Å². The van der Waals surface area contributed by atoms with Crippen molar-refractivity contribution in [3.05, 3.63) is 60.0 Å². The van der Waals surface area contributed by atoms with Crippen molar-refractivity contribution in [2.24, 2.45) is 0 Å². The molecule has 0 saturated heterocycles. The molecule has 0 aliphatic carbocycles. The topological polar surface area (TPSA) is 17.8 Å². The largest absolute Gasteiger partial charge is 0.315 e. The molecule has 2 heteroatoms. The van der Waals surface area contributed by atoms with Crippen molar-refractivity contribution in [2.45, 2.75) is 13.8 Å². The van der Waals surface area contributed by atoms with Gasteiger partial charge >= 0.3 is 0 Å². The lowest BCUT2D eigenvalue weighted by Gasteiger charge is -2.07. The van der Waals surface area contributed by atoms with Crippen LogP contribution < -0.4 is 0 Å². The zero-order chi connectivity index (χ0) is 11.8. The summed E-state index contributed by atoms with van der Waals surface area (Å²) >= 11 is 0. The van der Waals surface area contributed by atoms with Gasteiger partial charge in [-0.3, -0.25) is 4.98 Å². The Balaban J connectivity index is 2.27. The van der Waals surface area contributed by atoms with Crippen LogP contribution in [0.4, 0.5) is 0 Å². The minimum atomic E-state index is 1.15. The van der Waals surface area contributed by atoms with Crippen molar-refractivity contribution in [1.29, 1.82) is 0 Å². The van der Waals surface area contributed by atoms with Gasteiger partial charge in [0.2, 0.25) is 0 Å². The van der Waals surface area contributed by atoms with Crippen LogP contribution in [0, 0.1) is 13.8 Å². The molecule has 0 unspecified atom stereocenters.